The van der Waals surface area contributed by atoms with Gasteiger partial charge in [0.1, 0.15) is 0 Å². The largest absolute Gasteiger partial charge is 0.388 e. The van der Waals surface area contributed by atoms with E-state index in [-0.39, 0.29) is 11.3 Å². The number of benzene rings is 2. The molecule has 4 nitrogen and oxygen atoms in total. The fourth-order valence-electron chi connectivity index (χ4n) is 2.17. The summed E-state index contributed by atoms with van der Waals surface area (Å²) in [5.41, 5.74) is 0.673. The Morgan fingerprint density at radius 3 is 2.35 bits per heavy atom. The van der Waals surface area contributed by atoms with Gasteiger partial charge in [0.2, 0.25) is 10.0 Å². The first-order chi connectivity index (χ1) is 10.8. The van der Waals surface area contributed by atoms with Crippen molar-refractivity contribution in [1.29, 1.82) is 0 Å². The lowest BCUT2D eigenvalue weighted by Crippen LogP contribution is -2.33. The van der Waals surface area contributed by atoms with Gasteiger partial charge in [0.05, 0.1) is 11.0 Å². The summed E-state index contributed by atoms with van der Waals surface area (Å²) in [6.07, 6.45) is -0.689. The SMILES string of the molecule is CC(CC(O)c1ccccc1)NS(=O)(=O)c1ccc(F)c(F)c1. The second kappa shape index (κ2) is 7.16. The summed E-state index contributed by atoms with van der Waals surface area (Å²) in [5.74, 6) is -2.35. The Morgan fingerprint density at radius 2 is 1.74 bits per heavy atom. The lowest BCUT2D eigenvalue weighted by Gasteiger charge is -2.18. The van der Waals surface area contributed by atoms with E-state index < -0.39 is 33.8 Å². The lowest BCUT2D eigenvalue weighted by molar-refractivity contribution is 0.158. The highest BCUT2D eigenvalue weighted by atomic mass is 32.2. The molecule has 0 fully saturated rings. The molecule has 0 bridgehead atoms. The fourth-order valence-corrected chi connectivity index (χ4v) is 3.44. The van der Waals surface area contributed by atoms with Crippen LogP contribution in [-0.2, 0) is 10.0 Å². The van der Waals surface area contributed by atoms with E-state index >= 15 is 0 Å². The summed E-state index contributed by atoms with van der Waals surface area (Å²) in [5, 5.41) is 10.1. The van der Waals surface area contributed by atoms with Gasteiger partial charge >= 0.3 is 0 Å². The maximum atomic E-state index is 13.2. The van der Waals surface area contributed by atoms with Crippen LogP contribution in [0.4, 0.5) is 8.78 Å². The molecule has 2 atom stereocenters. The third-order valence-corrected chi connectivity index (χ3v) is 4.91. The van der Waals surface area contributed by atoms with E-state index in [1.54, 1.807) is 31.2 Å². The third-order valence-electron chi connectivity index (χ3n) is 3.32. The summed E-state index contributed by atoms with van der Waals surface area (Å²) in [6.45, 7) is 1.59. The van der Waals surface area contributed by atoms with Gasteiger partial charge in [-0.1, -0.05) is 30.3 Å². The first-order valence-corrected chi connectivity index (χ1v) is 8.48. The van der Waals surface area contributed by atoms with Crippen LogP contribution in [0.2, 0.25) is 0 Å². The molecule has 0 saturated carbocycles. The van der Waals surface area contributed by atoms with E-state index in [9.17, 15) is 22.3 Å². The summed E-state index contributed by atoms with van der Waals surface area (Å²) < 4.78 is 52.7. The number of sulfonamides is 1. The van der Waals surface area contributed by atoms with Gasteiger partial charge in [0.15, 0.2) is 11.6 Å². The molecule has 0 heterocycles. The fraction of sp³-hybridized carbons (Fsp3) is 0.250. The molecule has 2 N–H and O–H groups in total. The van der Waals surface area contributed by atoms with Crippen LogP contribution in [0.25, 0.3) is 0 Å². The van der Waals surface area contributed by atoms with Gasteiger partial charge < -0.3 is 5.11 Å². The summed E-state index contributed by atoms with van der Waals surface area (Å²) in [6, 6.07) is 10.6. The normalized spacial score (nSPS) is 14.4. The van der Waals surface area contributed by atoms with E-state index in [0.29, 0.717) is 11.6 Å². The van der Waals surface area contributed by atoms with Crippen LogP contribution in [-0.4, -0.2) is 19.6 Å². The molecule has 2 aromatic rings. The van der Waals surface area contributed by atoms with Crippen LogP contribution < -0.4 is 4.72 Å². The number of nitrogens with one attached hydrogen (secondary N) is 1. The lowest BCUT2D eigenvalue weighted by atomic mass is 10.0. The molecule has 7 heteroatoms. The molecule has 2 rings (SSSR count). The van der Waals surface area contributed by atoms with Crippen molar-refractivity contribution >= 4 is 10.0 Å². The molecule has 0 aliphatic carbocycles. The predicted molar refractivity (Wildman–Crippen MR) is 82.2 cm³/mol. The van der Waals surface area contributed by atoms with E-state index in [1.165, 1.54) is 0 Å². The Balaban J connectivity index is 2.06. The maximum Gasteiger partial charge on any atom is 0.240 e. The van der Waals surface area contributed by atoms with Gasteiger partial charge in [-0.15, -0.1) is 0 Å². The van der Waals surface area contributed by atoms with Crippen molar-refractivity contribution in [3.63, 3.8) is 0 Å². The van der Waals surface area contributed by atoms with Crippen LogP contribution in [0, 0.1) is 11.6 Å². The third kappa shape index (κ3) is 4.57. The Morgan fingerprint density at radius 1 is 1.09 bits per heavy atom. The summed E-state index contributed by atoms with van der Waals surface area (Å²) in [4.78, 5) is -0.363. The van der Waals surface area contributed by atoms with Gasteiger partial charge in [-0.2, -0.15) is 0 Å². The maximum absolute atomic E-state index is 13.2. The Labute approximate surface area is 133 Å². The number of halogens is 2. The Bertz CT molecular complexity index is 766. The zero-order valence-corrected chi connectivity index (χ0v) is 13.2. The van der Waals surface area contributed by atoms with Crippen LogP contribution in [0.3, 0.4) is 0 Å². The van der Waals surface area contributed by atoms with Crippen molar-refractivity contribution in [3.05, 3.63) is 65.7 Å². The minimum atomic E-state index is -3.99. The number of rotatable bonds is 6. The molecule has 23 heavy (non-hydrogen) atoms. The first kappa shape index (κ1) is 17.5. The van der Waals surface area contributed by atoms with Crippen molar-refractivity contribution in [2.45, 2.75) is 30.4 Å². The number of aliphatic hydroxyl groups is 1. The number of aliphatic hydroxyl groups excluding tert-OH is 1. The van der Waals surface area contributed by atoms with Crippen LogP contribution in [0.5, 0.6) is 0 Å². The standard InChI is InChI=1S/C16H17F2NO3S/c1-11(9-16(20)12-5-3-2-4-6-12)19-23(21,22)13-7-8-14(17)15(18)10-13/h2-8,10-11,16,19-20H,9H2,1H3. The first-order valence-electron chi connectivity index (χ1n) is 7.00. The second-order valence-electron chi connectivity index (χ2n) is 5.26. The molecular formula is C16H17F2NO3S. The molecular weight excluding hydrogens is 324 g/mol. The van der Waals surface area contributed by atoms with Crippen molar-refractivity contribution in [1.82, 2.24) is 4.72 Å². The van der Waals surface area contributed by atoms with Crippen LogP contribution >= 0.6 is 0 Å². The highest BCUT2D eigenvalue weighted by Crippen LogP contribution is 2.19. The van der Waals surface area contributed by atoms with Crippen molar-refractivity contribution in [2.24, 2.45) is 0 Å². The van der Waals surface area contributed by atoms with E-state index in [0.717, 1.165) is 12.1 Å². The van der Waals surface area contributed by atoms with Gasteiger partial charge in [-0.05, 0) is 37.1 Å². The number of hydrogen-bond acceptors (Lipinski definition) is 3. The zero-order valence-electron chi connectivity index (χ0n) is 12.4. The molecule has 2 aromatic carbocycles. The van der Waals surface area contributed by atoms with Gasteiger partial charge in [-0.25, -0.2) is 21.9 Å². The zero-order chi connectivity index (χ0) is 17.0. The minimum Gasteiger partial charge on any atom is -0.388 e. The molecule has 0 radical (unpaired) electrons. The average Bonchev–Trinajstić information content (AvgIpc) is 2.50. The number of hydrogen-bond donors (Lipinski definition) is 2. The highest BCUT2D eigenvalue weighted by molar-refractivity contribution is 7.89. The molecule has 124 valence electrons. The van der Waals surface area contributed by atoms with Gasteiger partial charge in [0, 0.05) is 6.04 Å². The van der Waals surface area contributed by atoms with Crippen molar-refractivity contribution in [2.75, 3.05) is 0 Å². The summed E-state index contributed by atoms with van der Waals surface area (Å²) in [7, 11) is -3.99. The van der Waals surface area contributed by atoms with Crippen LogP contribution in [0.15, 0.2) is 53.4 Å². The highest BCUT2D eigenvalue weighted by Gasteiger charge is 2.21. The molecule has 2 unspecified atom stereocenters. The predicted octanol–water partition coefficient (Wildman–Crippen LogP) is 2.76. The molecule has 0 aliphatic rings. The quantitative estimate of drug-likeness (QED) is 0.849. The minimum absolute atomic E-state index is 0.146. The Hall–Kier alpha value is -1.83. The van der Waals surface area contributed by atoms with Gasteiger partial charge in [0.25, 0.3) is 0 Å². The average molecular weight is 341 g/mol. The van der Waals surface area contributed by atoms with Crippen LogP contribution in [0.1, 0.15) is 25.0 Å². The Kier molecular flexibility index (Phi) is 5.46. The van der Waals surface area contributed by atoms with E-state index in [2.05, 4.69) is 4.72 Å². The van der Waals surface area contributed by atoms with E-state index in [1.807, 2.05) is 6.07 Å². The molecule has 0 saturated heterocycles. The molecule has 0 aliphatic heterocycles. The van der Waals surface area contributed by atoms with Crippen molar-refractivity contribution < 1.29 is 22.3 Å². The van der Waals surface area contributed by atoms with Gasteiger partial charge in [-0.3, -0.25) is 0 Å². The second-order valence-corrected chi connectivity index (χ2v) is 6.97. The molecule has 0 aromatic heterocycles. The smallest absolute Gasteiger partial charge is 0.240 e. The summed E-state index contributed by atoms with van der Waals surface area (Å²) >= 11 is 0. The monoisotopic (exact) mass is 341 g/mol. The molecule has 0 spiro atoms. The topological polar surface area (TPSA) is 66.4 Å². The molecule has 0 amide bonds. The van der Waals surface area contributed by atoms with Crippen molar-refractivity contribution in [3.8, 4) is 0 Å². The van der Waals surface area contributed by atoms with E-state index in [4.69, 9.17) is 0 Å².